The topological polar surface area (TPSA) is 123 Å². The molecule has 1 atom stereocenters. The number of carbonyl (C=O) groups excluding carboxylic acids is 1. The van der Waals surface area contributed by atoms with Crippen molar-refractivity contribution in [3.63, 3.8) is 0 Å². The number of nitrogens with one attached hydrogen (secondary N) is 2. The molecule has 1 unspecified atom stereocenters. The molecular weight excluding hydrogens is 472 g/mol. The number of carbonyl (C=O) groups is 1. The molecule has 35 heavy (non-hydrogen) atoms. The van der Waals surface area contributed by atoms with Crippen molar-refractivity contribution in [2.24, 2.45) is 0 Å². The number of fused-ring (bicyclic) bond motifs is 1. The largest absolute Gasteiger partial charge is 0.491 e. The maximum absolute atomic E-state index is 12.8. The lowest BCUT2D eigenvalue weighted by Crippen LogP contribution is -2.35. The van der Waals surface area contributed by atoms with Crippen LogP contribution in [0.4, 0.5) is 5.69 Å². The summed E-state index contributed by atoms with van der Waals surface area (Å²) in [4.78, 5) is 12.7. The van der Waals surface area contributed by atoms with Crippen molar-refractivity contribution in [1.29, 1.82) is 0 Å². The lowest BCUT2D eigenvalue weighted by atomic mass is 10.1. The fourth-order valence-corrected chi connectivity index (χ4v) is 4.46. The number of aryl methyl sites for hydroxylation is 2. The molecule has 9 nitrogen and oxygen atoms in total. The van der Waals surface area contributed by atoms with E-state index in [2.05, 4.69) is 10.0 Å². The molecule has 0 saturated heterocycles. The molecule has 4 rings (SSSR count). The van der Waals surface area contributed by atoms with Gasteiger partial charge in [0, 0.05) is 23.9 Å². The van der Waals surface area contributed by atoms with Crippen LogP contribution in [0.1, 0.15) is 21.5 Å². The summed E-state index contributed by atoms with van der Waals surface area (Å²) in [6, 6.07) is 16.3. The predicted molar refractivity (Wildman–Crippen MR) is 130 cm³/mol. The average Bonchev–Trinajstić information content (AvgIpc) is 3.30. The Morgan fingerprint density at radius 2 is 1.77 bits per heavy atom. The average molecular weight is 499 g/mol. The number of hydrogen-bond donors (Lipinski definition) is 3. The second kappa shape index (κ2) is 10.2. The highest BCUT2D eigenvalue weighted by molar-refractivity contribution is 7.92. The van der Waals surface area contributed by atoms with Gasteiger partial charge in [0.1, 0.15) is 18.5 Å². The zero-order chi connectivity index (χ0) is 25.0. The van der Waals surface area contributed by atoms with Gasteiger partial charge in [-0.3, -0.25) is 9.52 Å². The van der Waals surface area contributed by atoms with Crippen molar-refractivity contribution >= 4 is 21.6 Å². The molecule has 184 valence electrons. The first kappa shape index (κ1) is 24.4. The van der Waals surface area contributed by atoms with E-state index in [4.69, 9.17) is 14.2 Å². The van der Waals surface area contributed by atoms with Gasteiger partial charge in [-0.2, -0.15) is 0 Å². The molecular formula is C25H26N2O7S. The van der Waals surface area contributed by atoms with Crippen LogP contribution in [0.25, 0.3) is 0 Å². The molecule has 0 saturated carbocycles. The van der Waals surface area contributed by atoms with E-state index in [0.717, 1.165) is 5.56 Å². The van der Waals surface area contributed by atoms with Crippen molar-refractivity contribution in [2.45, 2.75) is 24.8 Å². The standard InChI is InChI=1S/C25H26N2O7S/c1-16-3-6-18(7-4-16)27-35(30,31)21-9-5-17(2)22(12-21)25(29)26-13-19(28)14-32-20-8-10-23-24(11-20)34-15-33-23/h3-12,19,27-28H,13-15H2,1-2H3,(H,26,29). The third kappa shape index (κ3) is 6.03. The molecule has 1 heterocycles. The second-order valence-electron chi connectivity index (χ2n) is 8.14. The van der Waals surface area contributed by atoms with E-state index in [9.17, 15) is 18.3 Å². The van der Waals surface area contributed by atoms with E-state index >= 15 is 0 Å². The Bertz CT molecular complexity index is 1320. The van der Waals surface area contributed by atoms with Gasteiger partial charge in [0.25, 0.3) is 15.9 Å². The third-order valence-electron chi connectivity index (χ3n) is 5.35. The molecule has 1 aliphatic heterocycles. The fourth-order valence-electron chi connectivity index (χ4n) is 3.37. The minimum Gasteiger partial charge on any atom is -0.491 e. The fraction of sp³-hybridized carbons (Fsp3) is 0.240. The Morgan fingerprint density at radius 1 is 1.03 bits per heavy atom. The zero-order valence-electron chi connectivity index (χ0n) is 19.3. The van der Waals surface area contributed by atoms with E-state index < -0.39 is 22.0 Å². The van der Waals surface area contributed by atoms with Gasteiger partial charge in [-0.05, 0) is 55.8 Å². The maximum Gasteiger partial charge on any atom is 0.261 e. The van der Waals surface area contributed by atoms with Crippen LogP contribution >= 0.6 is 0 Å². The highest BCUT2D eigenvalue weighted by Crippen LogP contribution is 2.35. The zero-order valence-corrected chi connectivity index (χ0v) is 20.1. The minimum absolute atomic E-state index is 0.0412. The van der Waals surface area contributed by atoms with Crippen LogP contribution in [0, 0.1) is 13.8 Å². The van der Waals surface area contributed by atoms with Crippen molar-refractivity contribution in [3.8, 4) is 17.2 Å². The summed E-state index contributed by atoms with van der Waals surface area (Å²) in [5.41, 5.74) is 2.22. The first-order chi connectivity index (χ1) is 16.7. The number of aliphatic hydroxyl groups is 1. The molecule has 3 aromatic carbocycles. The molecule has 0 fully saturated rings. The summed E-state index contributed by atoms with van der Waals surface area (Å²) in [5.74, 6) is 1.18. The SMILES string of the molecule is Cc1ccc(NS(=O)(=O)c2ccc(C)c(C(=O)NCC(O)COc3ccc4c(c3)OCO4)c2)cc1. The number of hydrogen-bond acceptors (Lipinski definition) is 7. The summed E-state index contributed by atoms with van der Waals surface area (Å²) < 4.78 is 44.2. The normalized spacial score (nSPS) is 13.2. The Morgan fingerprint density at radius 3 is 2.54 bits per heavy atom. The van der Waals surface area contributed by atoms with Gasteiger partial charge >= 0.3 is 0 Å². The van der Waals surface area contributed by atoms with Crippen LogP contribution in [-0.2, 0) is 10.0 Å². The Labute approximate surface area is 203 Å². The summed E-state index contributed by atoms with van der Waals surface area (Å²) in [6.45, 7) is 3.62. The molecule has 1 amide bonds. The first-order valence-corrected chi connectivity index (χ1v) is 12.4. The van der Waals surface area contributed by atoms with E-state index in [-0.39, 0.29) is 30.4 Å². The first-order valence-electron chi connectivity index (χ1n) is 10.9. The van der Waals surface area contributed by atoms with Crippen molar-refractivity contribution in [2.75, 3.05) is 24.7 Å². The van der Waals surface area contributed by atoms with E-state index in [1.54, 1.807) is 55.5 Å². The monoisotopic (exact) mass is 498 g/mol. The Hall–Kier alpha value is -3.76. The lowest BCUT2D eigenvalue weighted by Gasteiger charge is -2.15. The van der Waals surface area contributed by atoms with Gasteiger partial charge in [0.05, 0.1) is 4.90 Å². The molecule has 0 aromatic heterocycles. The Kier molecular flexibility index (Phi) is 7.13. The highest BCUT2D eigenvalue weighted by Gasteiger charge is 2.19. The number of amides is 1. The van der Waals surface area contributed by atoms with Gasteiger partial charge in [-0.25, -0.2) is 8.42 Å². The number of rotatable bonds is 9. The molecule has 3 N–H and O–H groups in total. The van der Waals surface area contributed by atoms with Crippen molar-refractivity contribution in [3.05, 3.63) is 77.4 Å². The van der Waals surface area contributed by atoms with E-state index in [1.165, 1.54) is 12.1 Å². The van der Waals surface area contributed by atoms with Crippen LogP contribution < -0.4 is 24.2 Å². The van der Waals surface area contributed by atoms with Crippen LogP contribution in [0.15, 0.2) is 65.6 Å². The van der Waals surface area contributed by atoms with Crippen LogP contribution in [0.2, 0.25) is 0 Å². The van der Waals surface area contributed by atoms with Crippen LogP contribution in [-0.4, -0.2) is 45.5 Å². The van der Waals surface area contributed by atoms with Crippen molar-refractivity contribution < 1.29 is 32.5 Å². The molecule has 3 aromatic rings. The summed E-state index contributed by atoms with van der Waals surface area (Å²) in [6.07, 6.45) is -0.986. The third-order valence-corrected chi connectivity index (χ3v) is 6.73. The molecule has 0 aliphatic carbocycles. The molecule has 0 radical (unpaired) electrons. The van der Waals surface area contributed by atoms with Gasteiger partial charge in [0.15, 0.2) is 11.5 Å². The van der Waals surface area contributed by atoms with Crippen LogP contribution in [0.3, 0.4) is 0 Å². The molecule has 10 heteroatoms. The Balaban J connectivity index is 1.35. The summed E-state index contributed by atoms with van der Waals surface area (Å²) in [7, 11) is -3.89. The van der Waals surface area contributed by atoms with Crippen LogP contribution in [0.5, 0.6) is 17.2 Å². The minimum atomic E-state index is -3.89. The highest BCUT2D eigenvalue weighted by atomic mass is 32.2. The maximum atomic E-state index is 12.8. The van der Waals surface area contributed by atoms with Gasteiger partial charge < -0.3 is 24.6 Å². The van der Waals surface area contributed by atoms with Gasteiger partial charge in [-0.15, -0.1) is 0 Å². The second-order valence-corrected chi connectivity index (χ2v) is 9.82. The number of anilines is 1. The number of benzene rings is 3. The smallest absolute Gasteiger partial charge is 0.261 e. The van der Waals surface area contributed by atoms with Gasteiger partial charge in [0.2, 0.25) is 6.79 Å². The van der Waals surface area contributed by atoms with Gasteiger partial charge in [-0.1, -0.05) is 23.8 Å². The number of sulfonamides is 1. The lowest BCUT2D eigenvalue weighted by molar-refractivity contribution is 0.0843. The molecule has 0 bridgehead atoms. The number of ether oxygens (including phenoxy) is 3. The van der Waals surface area contributed by atoms with E-state index in [0.29, 0.717) is 28.5 Å². The number of aliphatic hydroxyl groups excluding tert-OH is 1. The van der Waals surface area contributed by atoms with E-state index in [1.807, 2.05) is 6.92 Å². The van der Waals surface area contributed by atoms with Crippen molar-refractivity contribution in [1.82, 2.24) is 5.32 Å². The predicted octanol–water partition coefficient (Wildman–Crippen LogP) is 3.00. The molecule has 1 aliphatic rings. The quantitative estimate of drug-likeness (QED) is 0.414. The summed E-state index contributed by atoms with van der Waals surface area (Å²) in [5, 5.41) is 12.9. The summed E-state index contributed by atoms with van der Waals surface area (Å²) >= 11 is 0. The molecule has 0 spiro atoms.